The van der Waals surface area contributed by atoms with Crippen LogP contribution in [0.3, 0.4) is 0 Å². The van der Waals surface area contributed by atoms with E-state index in [1.165, 1.54) is 6.07 Å². The third-order valence-electron chi connectivity index (χ3n) is 3.13. The van der Waals surface area contributed by atoms with Crippen molar-refractivity contribution in [3.63, 3.8) is 0 Å². The van der Waals surface area contributed by atoms with Gasteiger partial charge in [0.15, 0.2) is 0 Å². The Morgan fingerprint density at radius 1 is 1.39 bits per heavy atom. The predicted molar refractivity (Wildman–Crippen MR) is 71.9 cm³/mol. The van der Waals surface area contributed by atoms with Crippen LogP contribution in [-0.4, -0.2) is 22.1 Å². The smallest absolute Gasteiger partial charge is 0.350 e. The van der Waals surface area contributed by atoms with Crippen molar-refractivity contribution in [2.75, 3.05) is 0 Å². The highest BCUT2D eigenvalue weighted by Gasteiger charge is 2.38. The summed E-state index contributed by atoms with van der Waals surface area (Å²) >= 11 is 0. The number of alkyl halides is 3. The van der Waals surface area contributed by atoms with Gasteiger partial charge in [-0.15, -0.1) is 0 Å². The molecule has 23 heavy (non-hydrogen) atoms. The zero-order valence-electron chi connectivity index (χ0n) is 12.2. The van der Waals surface area contributed by atoms with Crippen LogP contribution in [0.25, 0.3) is 11.4 Å². The molecule has 1 N–H and O–H groups in total. The van der Waals surface area contributed by atoms with Gasteiger partial charge in [-0.2, -0.15) is 18.2 Å². The lowest BCUT2D eigenvalue weighted by Gasteiger charge is -2.11. The lowest BCUT2D eigenvalue weighted by molar-refractivity contribution is -0.159. The average Bonchev–Trinajstić information content (AvgIpc) is 2.96. The Morgan fingerprint density at radius 2 is 2.09 bits per heavy atom. The van der Waals surface area contributed by atoms with Crippen molar-refractivity contribution in [3.8, 4) is 11.4 Å². The Balaban J connectivity index is 2.25. The number of benzene rings is 1. The molecule has 1 aromatic carbocycles. The number of halogens is 4. The maximum Gasteiger partial charge on any atom is 0.471 e. The molecule has 0 aliphatic carbocycles. The molecule has 9 heteroatoms. The van der Waals surface area contributed by atoms with Crippen LogP contribution in [0.5, 0.6) is 0 Å². The Labute approximate surface area is 128 Å². The van der Waals surface area contributed by atoms with Gasteiger partial charge in [0.1, 0.15) is 5.82 Å². The van der Waals surface area contributed by atoms with E-state index in [2.05, 4.69) is 20.0 Å². The molecule has 1 heterocycles. The zero-order valence-corrected chi connectivity index (χ0v) is 12.2. The largest absolute Gasteiger partial charge is 0.471 e. The highest BCUT2D eigenvalue weighted by molar-refractivity contribution is 5.95. The summed E-state index contributed by atoms with van der Waals surface area (Å²) in [5.74, 6) is -3.43. The molecule has 2 rings (SSSR count). The second kappa shape index (κ2) is 6.35. The van der Waals surface area contributed by atoms with Crippen molar-refractivity contribution in [2.45, 2.75) is 32.5 Å². The Kier molecular flexibility index (Phi) is 4.67. The van der Waals surface area contributed by atoms with Crippen LogP contribution in [0.15, 0.2) is 22.7 Å². The normalized spacial score (nSPS) is 13.0. The number of carbonyl (C=O) groups is 1. The first kappa shape index (κ1) is 16.9. The van der Waals surface area contributed by atoms with Gasteiger partial charge >= 0.3 is 12.1 Å². The summed E-state index contributed by atoms with van der Waals surface area (Å²) in [6, 6.07) is 3.16. The fraction of sp³-hybridized carbons (Fsp3) is 0.357. The van der Waals surface area contributed by atoms with E-state index in [-0.39, 0.29) is 17.2 Å². The number of hydrogen-bond donors (Lipinski definition) is 1. The minimum atomic E-state index is -4.78. The molecule has 0 fully saturated rings. The number of hydrogen-bond acceptors (Lipinski definition) is 4. The number of amides is 1. The molecule has 0 radical (unpaired) electrons. The molecule has 1 atom stereocenters. The summed E-state index contributed by atoms with van der Waals surface area (Å²) < 4.78 is 55.3. The lowest BCUT2D eigenvalue weighted by Crippen LogP contribution is -2.32. The van der Waals surface area contributed by atoms with Crippen molar-refractivity contribution < 1.29 is 26.9 Å². The van der Waals surface area contributed by atoms with Gasteiger partial charge in [0.05, 0.1) is 5.56 Å². The van der Waals surface area contributed by atoms with Crippen molar-refractivity contribution in [3.05, 3.63) is 35.5 Å². The molecule has 0 bridgehead atoms. The molecule has 0 aliphatic rings. The Morgan fingerprint density at radius 3 is 2.61 bits per heavy atom. The summed E-state index contributed by atoms with van der Waals surface area (Å²) in [6.07, 6.45) is -4.10. The number of carbonyl (C=O) groups excluding carboxylic acids is 1. The van der Waals surface area contributed by atoms with E-state index < -0.39 is 29.6 Å². The van der Waals surface area contributed by atoms with Crippen molar-refractivity contribution in [2.24, 2.45) is 0 Å². The SMILES string of the molecule is CCC(C)NC(=O)c1ccc(-c2noc(C(F)(F)F)n2)cc1F. The summed E-state index contributed by atoms with van der Waals surface area (Å²) in [4.78, 5) is 15.0. The summed E-state index contributed by atoms with van der Waals surface area (Å²) in [5, 5.41) is 5.75. The molecular weight excluding hydrogens is 318 g/mol. The molecular formula is C14H13F4N3O2. The van der Waals surface area contributed by atoms with Crippen LogP contribution >= 0.6 is 0 Å². The topological polar surface area (TPSA) is 68.0 Å². The van der Waals surface area contributed by atoms with Crippen molar-refractivity contribution in [1.82, 2.24) is 15.5 Å². The highest BCUT2D eigenvalue weighted by Crippen LogP contribution is 2.29. The molecule has 0 saturated heterocycles. The van der Waals surface area contributed by atoms with Crippen LogP contribution in [0.1, 0.15) is 36.5 Å². The van der Waals surface area contributed by atoms with Gasteiger partial charge in [0, 0.05) is 11.6 Å². The maximum absolute atomic E-state index is 14.0. The van der Waals surface area contributed by atoms with Gasteiger partial charge in [-0.25, -0.2) is 4.39 Å². The Hall–Kier alpha value is -2.45. The van der Waals surface area contributed by atoms with E-state index in [1.54, 1.807) is 6.92 Å². The minimum absolute atomic E-state index is 0.0261. The van der Waals surface area contributed by atoms with Gasteiger partial charge in [-0.1, -0.05) is 18.1 Å². The van der Waals surface area contributed by atoms with E-state index in [0.717, 1.165) is 12.1 Å². The third kappa shape index (κ3) is 3.85. The fourth-order valence-corrected chi connectivity index (χ4v) is 1.70. The highest BCUT2D eigenvalue weighted by atomic mass is 19.4. The number of aromatic nitrogens is 2. The molecule has 1 unspecified atom stereocenters. The molecule has 2 aromatic rings. The van der Waals surface area contributed by atoms with E-state index in [9.17, 15) is 22.4 Å². The first-order chi connectivity index (χ1) is 10.7. The summed E-state index contributed by atoms with van der Waals surface area (Å²) in [7, 11) is 0. The molecule has 1 amide bonds. The maximum atomic E-state index is 14.0. The first-order valence-corrected chi connectivity index (χ1v) is 6.74. The molecule has 1 aromatic heterocycles. The summed E-state index contributed by atoms with van der Waals surface area (Å²) in [5.41, 5.74) is -0.240. The summed E-state index contributed by atoms with van der Waals surface area (Å²) in [6.45, 7) is 3.63. The number of nitrogens with one attached hydrogen (secondary N) is 1. The minimum Gasteiger partial charge on any atom is -0.350 e. The van der Waals surface area contributed by atoms with Gasteiger partial charge in [-0.05, 0) is 25.5 Å². The quantitative estimate of drug-likeness (QED) is 0.872. The molecule has 124 valence electrons. The molecule has 0 saturated carbocycles. The fourth-order valence-electron chi connectivity index (χ4n) is 1.70. The lowest BCUT2D eigenvalue weighted by atomic mass is 10.1. The van der Waals surface area contributed by atoms with E-state index in [4.69, 9.17) is 0 Å². The number of rotatable bonds is 4. The molecule has 5 nitrogen and oxygen atoms in total. The standard InChI is InChI=1S/C14H13F4N3O2/c1-3-7(2)19-12(22)9-5-4-8(6-10(9)15)11-20-13(23-21-11)14(16,17)18/h4-7H,3H2,1-2H3,(H,19,22). The predicted octanol–water partition coefficient (Wildman–Crippen LogP) is 3.42. The van der Waals surface area contributed by atoms with Crippen LogP contribution in [0.2, 0.25) is 0 Å². The van der Waals surface area contributed by atoms with E-state index in [0.29, 0.717) is 6.42 Å². The monoisotopic (exact) mass is 331 g/mol. The Bertz CT molecular complexity index is 712. The second-order valence-corrected chi connectivity index (χ2v) is 4.90. The van der Waals surface area contributed by atoms with E-state index >= 15 is 0 Å². The average molecular weight is 331 g/mol. The van der Waals surface area contributed by atoms with Crippen LogP contribution in [0.4, 0.5) is 17.6 Å². The van der Waals surface area contributed by atoms with Gasteiger partial charge in [0.25, 0.3) is 5.91 Å². The van der Waals surface area contributed by atoms with Gasteiger partial charge in [-0.3, -0.25) is 4.79 Å². The number of nitrogens with zero attached hydrogens (tertiary/aromatic N) is 2. The van der Waals surface area contributed by atoms with Gasteiger partial charge < -0.3 is 9.84 Å². The van der Waals surface area contributed by atoms with Crippen LogP contribution in [0, 0.1) is 5.82 Å². The van der Waals surface area contributed by atoms with Crippen molar-refractivity contribution in [1.29, 1.82) is 0 Å². The van der Waals surface area contributed by atoms with Crippen LogP contribution in [-0.2, 0) is 6.18 Å². The first-order valence-electron chi connectivity index (χ1n) is 6.74. The molecule has 0 spiro atoms. The second-order valence-electron chi connectivity index (χ2n) is 4.90. The third-order valence-corrected chi connectivity index (χ3v) is 3.13. The van der Waals surface area contributed by atoms with E-state index in [1.807, 2.05) is 6.92 Å². The van der Waals surface area contributed by atoms with Gasteiger partial charge in [0.2, 0.25) is 5.82 Å². The zero-order chi connectivity index (χ0) is 17.2. The van der Waals surface area contributed by atoms with Crippen molar-refractivity contribution >= 4 is 5.91 Å². The molecule has 0 aliphatic heterocycles. The van der Waals surface area contributed by atoms with Crippen LogP contribution < -0.4 is 5.32 Å².